The Morgan fingerprint density at radius 3 is 1.27 bits per heavy atom. The lowest BCUT2D eigenvalue weighted by atomic mass is 9.77. The summed E-state index contributed by atoms with van der Waals surface area (Å²) in [5.41, 5.74) is 0.533. The van der Waals surface area contributed by atoms with Crippen LogP contribution in [0.3, 0.4) is 0 Å². The van der Waals surface area contributed by atoms with Crippen LogP contribution in [0.1, 0.15) is 101 Å². The Labute approximate surface area is 191 Å². The summed E-state index contributed by atoms with van der Waals surface area (Å²) in [6.07, 6.45) is 7.48. The van der Waals surface area contributed by atoms with Gasteiger partial charge in [-0.3, -0.25) is 0 Å². The van der Waals surface area contributed by atoms with E-state index in [-0.39, 0.29) is 0 Å². The number of hydrogen-bond acceptors (Lipinski definition) is 2. The van der Waals surface area contributed by atoms with Gasteiger partial charge in [0.05, 0.1) is 0 Å². The molecule has 4 rings (SSSR count). The number of likely N-dealkylation sites (tertiary alicyclic amines) is 1. The summed E-state index contributed by atoms with van der Waals surface area (Å²) in [6, 6.07) is 0. The fourth-order valence-electron chi connectivity index (χ4n) is 4.06. The third-order valence-corrected chi connectivity index (χ3v) is 8.04. The third kappa shape index (κ3) is 11.0. The van der Waals surface area contributed by atoms with Gasteiger partial charge in [-0.2, -0.15) is 0 Å². The third-order valence-electron chi connectivity index (χ3n) is 8.04. The Hall–Kier alpha value is -0.0800. The first-order chi connectivity index (χ1) is 14.0. The molecule has 1 N–H and O–H groups in total. The van der Waals surface area contributed by atoms with Crippen molar-refractivity contribution < 1.29 is 0 Å². The van der Waals surface area contributed by atoms with Crippen molar-refractivity contribution in [2.75, 3.05) is 32.7 Å². The minimum atomic E-state index is 0.533. The molecule has 0 amide bonds. The predicted octanol–water partition coefficient (Wildman–Crippen LogP) is 7.34. The van der Waals surface area contributed by atoms with E-state index in [9.17, 15) is 0 Å². The summed E-state index contributed by atoms with van der Waals surface area (Å²) >= 11 is 0. The fraction of sp³-hybridized carbons (Fsp3) is 1.00. The van der Waals surface area contributed by atoms with E-state index < -0.39 is 0 Å². The van der Waals surface area contributed by atoms with Gasteiger partial charge in [-0.15, -0.1) is 0 Å². The van der Waals surface area contributed by atoms with Crippen LogP contribution in [0.4, 0.5) is 0 Å². The van der Waals surface area contributed by atoms with Gasteiger partial charge in [-0.1, -0.05) is 88.5 Å². The molecule has 0 spiro atoms. The highest BCUT2D eigenvalue weighted by molar-refractivity contribution is 4.84. The van der Waals surface area contributed by atoms with Crippen molar-refractivity contribution in [2.24, 2.45) is 46.8 Å². The summed E-state index contributed by atoms with van der Waals surface area (Å²) in [5.74, 6) is 6.91. The Balaban J connectivity index is 0.000000202. The maximum Gasteiger partial charge on any atom is 0.00243 e. The highest BCUT2D eigenvalue weighted by Crippen LogP contribution is 2.35. The smallest absolute Gasteiger partial charge is 0.00243 e. The summed E-state index contributed by atoms with van der Waals surface area (Å²) in [4.78, 5) is 2.49. The zero-order chi connectivity index (χ0) is 22.9. The average Bonchev–Trinajstić information content (AvgIpc) is 3.25. The Morgan fingerprint density at radius 1 is 0.733 bits per heavy atom. The lowest BCUT2D eigenvalue weighted by Crippen LogP contribution is -2.48. The highest BCUT2D eigenvalue weighted by atomic mass is 15.2. The molecule has 2 heterocycles. The zero-order valence-electron chi connectivity index (χ0n) is 22.6. The summed E-state index contributed by atoms with van der Waals surface area (Å²) in [7, 11) is 0. The quantitative estimate of drug-likeness (QED) is 0.509. The Kier molecular flexibility index (Phi) is 12.5. The molecule has 2 nitrogen and oxygen atoms in total. The van der Waals surface area contributed by atoms with Crippen LogP contribution >= 0.6 is 0 Å². The van der Waals surface area contributed by atoms with Gasteiger partial charge in [0.15, 0.2) is 0 Å². The molecule has 0 aromatic carbocycles. The molecule has 0 atom stereocenters. The zero-order valence-corrected chi connectivity index (χ0v) is 22.6. The van der Waals surface area contributed by atoms with Crippen LogP contribution in [0, 0.1) is 46.8 Å². The molecular formula is C28H58N2. The van der Waals surface area contributed by atoms with Crippen molar-refractivity contribution in [3.63, 3.8) is 0 Å². The number of rotatable bonds is 4. The van der Waals surface area contributed by atoms with E-state index in [1.54, 1.807) is 0 Å². The molecule has 30 heavy (non-hydrogen) atoms. The van der Waals surface area contributed by atoms with Crippen molar-refractivity contribution >= 4 is 0 Å². The first kappa shape index (κ1) is 28.0. The van der Waals surface area contributed by atoms with Gasteiger partial charge < -0.3 is 10.2 Å². The standard InChI is InChI=1S/C8H17N.C7H15N.C7H14.C6H12/c1-4-9-5-8(6-9)7(2)3;1-7(2,3)6-4-8-5-6;1-6(2)7-4-3-5-7;1-5(2)6-3-4-6/h7-8H,4-6H2,1-3H3;6,8H,4-5H2,1-3H3;6-7H,3-5H2,1-2H3;5-6H,3-4H2,1-2H3. The van der Waals surface area contributed by atoms with E-state index in [1.807, 2.05) is 0 Å². The van der Waals surface area contributed by atoms with Crippen LogP contribution in [0.25, 0.3) is 0 Å². The Morgan fingerprint density at radius 2 is 1.17 bits per heavy atom. The molecule has 2 aliphatic carbocycles. The number of nitrogens with one attached hydrogen (secondary N) is 1. The molecule has 2 aliphatic heterocycles. The van der Waals surface area contributed by atoms with Crippen molar-refractivity contribution in [3.8, 4) is 0 Å². The molecule has 0 aromatic rings. The van der Waals surface area contributed by atoms with Gasteiger partial charge in [-0.05, 0) is 79.3 Å². The largest absolute Gasteiger partial charge is 0.316 e. The van der Waals surface area contributed by atoms with Gasteiger partial charge in [0.1, 0.15) is 0 Å². The maximum atomic E-state index is 3.27. The number of nitrogens with zero attached hydrogens (tertiary/aromatic N) is 1. The minimum absolute atomic E-state index is 0.533. The molecule has 180 valence electrons. The second-order valence-corrected chi connectivity index (χ2v) is 12.6. The van der Waals surface area contributed by atoms with Gasteiger partial charge in [0, 0.05) is 13.1 Å². The van der Waals surface area contributed by atoms with E-state index in [0.717, 1.165) is 41.4 Å². The summed E-state index contributed by atoms with van der Waals surface area (Å²) in [6.45, 7) is 29.4. The van der Waals surface area contributed by atoms with E-state index in [4.69, 9.17) is 0 Å². The van der Waals surface area contributed by atoms with E-state index in [1.165, 1.54) is 64.8 Å². The van der Waals surface area contributed by atoms with Crippen LogP contribution in [0.15, 0.2) is 0 Å². The van der Waals surface area contributed by atoms with E-state index in [0.29, 0.717) is 5.41 Å². The molecular weight excluding hydrogens is 364 g/mol. The predicted molar refractivity (Wildman–Crippen MR) is 136 cm³/mol. The molecule has 2 saturated heterocycles. The highest BCUT2D eigenvalue weighted by Gasteiger charge is 2.29. The lowest BCUT2D eigenvalue weighted by Gasteiger charge is -2.40. The van der Waals surface area contributed by atoms with E-state index >= 15 is 0 Å². The second-order valence-electron chi connectivity index (χ2n) is 12.6. The first-order valence-corrected chi connectivity index (χ1v) is 13.4. The van der Waals surface area contributed by atoms with Crippen LogP contribution in [0.2, 0.25) is 0 Å². The molecule has 4 fully saturated rings. The second kappa shape index (κ2) is 13.5. The van der Waals surface area contributed by atoms with Crippen LogP contribution in [-0.2, 0) is 0 Å². The van der Waals surface area contributed by atoms with Gasteiger partial charge >= 0.3 is 0 Å². The number of hydrogen-bond donors (Lipinski definition) is 1. The lowest BCUT2D eigenvalue weighted by molar-refractivity contribution is 0.0745. The molecule has 0 aromatic heterocycles. The van der Waals surface area contributed by atoms with Crippen LogP contribution < -0.4 is 5.32 Å². The molecule has 0 unspecified atom stereocenters. The van der Waals surface area contributed by atoms with Gasteiger partial charge in [0.2, 0.25) is 0 Å². The van der Waals surface area contributed by atoms with Crippen LogP contribution in [0.5, 0.6) is 0 Å². The normalized spacial score (nSPS) is 22.7. The van der Waals surface area contributed by atoms with Gasteiger partial charge in [0.25, 0.3) is 0 Å². The molecule has 2 heteroatoms. The van der Waals surface area contributed by atoms with E-state index in [2.05, 4.69) is 79.5 Å². The molecule has 4 aliphatic rings. The first-order valence-electron chi connectivity index (χ1n) is 13.4. The fourth-order valence-corrected chi connectivity index (χ4v) is 4.06. The molecule has 0 radical (unpaired) electrons. The maximum absolute atomic E-state index is 3.27. The monoisotopic (exact) mass is 422 g/mol. The Bertz CT molecular complexity index is 416. The summed E-state index contributed by atoms with van der Waals surface area (Å²) in [5, 5.41) is 3.27. The molecule has 0 bridgehead atoms. The van der Waals surface area contributed by atoms with Crippen molar-refractivity contribution in [1.82, 2.24) is 10.2 Å². The van der Waals surface area contributed by atoms with Crippen LogP contribution in [-0.4, -0.2) is 37.6 Å². The average molecular weight is 423 g/mol. The topological polar surface area (TPSA) is 15.3 Å². The summed E-state index contributed by atoms with van der Waals surface area (Å²) < 4.78 is 0. The molecule has 2 saturated carbocycles. The van der Waals surface area contributed by atoms with Crippen molar-refractivity contribution in [1.29, 1.82) is 0 Å². The van der Waals surface area contributed by atoms with Crippen molar-refractivity contribution in [2.45, 2.75) is 101 Å². The SMILES string of the molecule is CC(C)(C)C1CNC1.CC(C)C1CC1.CC(C)C1CCC1.CCN1CC(C(C)C)C1. The minimum Gasteiger partial charge on any atom is -0.316 e. The van der Waals surface area contributed by atoms with Gasteiger partial charge in [-0.25, -0.2) is 0 Å². The van der Waals surface area contributed by atoms with Crippen molar-refractivity contribution in [3.05, 3.63) is 0 Å².